The van der Waals surface area contributed by atoms with Crippen LogP contribution in [0.1, 0.15) is 32.7 Å². The highest BCUT2D eigenvalue weighted by Crippen LogP contribution is 2.29. The number of nitrogens with zero attached hydrogens (tertiary/aromatic N) is 4. The maximum Gasteiger partial charge on any atom is 0.274 e. The van der Waals surface area contributed by atoms with Crippen LogP contribution >= 0.6 is 0 Å². The zero-order chi connectivity index (χ0) is 19.8. The molecule has 3 rings (SSSR count). The second kappa shape index (κ2) is 7.36. The summed E-state index contributed by atoms with van der Waals surface area (Å²) < 4.78 is 28.0. The molecule has 27 heavy (non-hydrogen) atoms. The summed E-state index contributed by atoms with van der Waals surface area (Å²) in [7, 11) is -3.61. The Morgan fingerprint density at radius 3 is 2.07 bits per heavy atom. The van der Waals surface area contributed by atoms with E-state index < -0.39 is 10.0 Å². The van der Waals surface area contributed by atoms with Crippen molar-refractivity contribution in [3.63, 3.8) is 0 Å². The Labute approximate surface area is 160 Å². The molecule has 2 aromatic rings. The number of aryl methyl sites for hydroxylation is 2. The SMILES string of the molecule is Cc1cc(C)c(C)c(S(=O)(=O)N2CCN(C(=O)c3cnccn3)CC2)c1C. The zero-order valence-corrected chi connectivity index (χ0v) is 16.9. The number of carbonyl (C=O) groups is 1. The predicted molar refractivity (Wildman–Crippen MR) is 102 cm³/mol. The predicted octanol–water partition coefficient (Wildman–Crippen LogP) is 1.86. The molecular formula is C19H24N4O3S. The van der Waals surface area contributed by atoms with Crippen LogP contribution in [0.3, 0.4) is 0 Å². The molecule has 0 atom stereocenters. The van der Waals surface area contributed by atoms with Gasteiger partial charge in [0.25, 0.3) is 5.91 Å². The number of sulfonamides is 1. The van der Waals surface area contributed by atoms with Gasteiger partial charge in [0.2, 0.25) is 10.0 Å². The van der Waals surface area contributed by atoms with Crippen LogP contribution < -0.4 is 0 Å². The molecule has 1 fully saturated rings. The second-order valence-corrected chi connectivity index (χ2v) is 8.75. The normalized spacial score (nSPS) is 15.8. The van der Waals surface area contributed by atoms with Crippen molar-refractivity contribution >= 4 is 15.9 Å². The lowest BCUT2D eigenvalue weighted by Gasteiger charge is -2.34. The standard InChI is InChI=1S/C19H24N4O3S/c1-13-11-14(2)16(4)18(15(13)3)27(25,26)23-9-7-22(8-10-23)19(24)17-12-20-5-6-21-17/h5-6,11-12H,7-10H2,1-4H3. The molecule has 2 heterocycles. The molecule has 0 bridgehead atoms. The molecule has 7 nitrogen and oxygen atoms in total. The fourth-order valence-electron chi connectivity index (χ4n) is 3.40. The number of hydrogen-bond donors (Lipinski definition) is 0. The van der Waals surface area contributed by atoms with Crippen LogP contribution in [0.2, 0.25) is 0 Å². The van der Waals surface area contributed by atoms with Crippen molar-refractivity contribution in [3.05, 3.63) is 52.6 Å². The number of hydrogen-bond acceptors (Lipinski definition) is 5. The maximum atomic E-state index is 13.3. The first-order valence-corrected chi connectivity index (χ1v) is 10.3. The van der Waals surface area contributed by atoms with Gasteiger partial charge in [-0.1, -0.05) is 6.07 Å². The van der Waals surface area contributed by atoms with E-state index in [4.69, 9.17) is 0 Å². The highest BCUT2D eigenvalue weighted by Gasteiger charge is 2.33. The first kappa shape index (κ1) is 19.4. The first-order chi connectivity index (χ1) is 12.7. The summed E-state index contributed by atoms with van der Waals surface area (Å²) in [6, 6.07) is 2.02. The molecule has 0 radical (unpaired) electrons. The van der Waals surface area contributed by atoms with Crippen LogP contribution in [-0.4, -0.2) is 59.7 Å². The molecule has 0 spiro atoms. The van der Waals surface area contributed by atoms with Crippen LogP contribution in [0, 0.1) is 27.7 Å². The summed E-state index contributed by atoms with van der Waals surface area (Å²) in [6.07, 6.45) is 4.41. The van der Waals surface area contributed by atoms with Crippen LogP contribution in [0.25, 0.3) is 0 Å². The highest BCUT2D eigenvalue weighted by molar-refractivity contribution is 7.89. The van der Waals surface area contributed by atoms with Crippen LogP contribution in [-0.2, 0) is 10.0 Å². The van der Waals surface area contributed by atoms with Gasteiger partial charge < -0.3 is 4.90 Å². The van der Waals surface area contributed by atoms with Crippen molar-refractivity contribution in [1.29, 1.82) is 0 Å². The van der Waals surface area contributed by atoms with Gasteiger partial charge in [0.1, 0.15) is 5.69 Å². The van der Waals surface area contributed by atoms with E-state index in [0.717, 1.165) is 22.3 Å². The lowest BCUT2D eigenvalue weighted by Crippen LogP contribution is -2.50. The molecule has 0 saturated carbocycles. The Hall–Kier alpha value is -2.32. The van der Waals surface area contributed by atoms with Gasteiger partial charge in [-0.15, -0.1) is 0 Å². The highest BCUT2D eigenvalue weighted by atomic mass is 32.2. The minimum absolute atomic E-state index is 0.223. The Morgan fingerprint density at radius 2 is 1.56 bits per heavy atom. The number of rotatable bonds is 3. The second-order valence-electron chi connectivity index (χ2n) is 6.88. The van der Waals surface area contributed by atoms with Crippen LogP contribution in [0.15, 0.2) is 29.6 Å². The average molecular weight is 388 g/mol. The van der Waals surface area contributed by atoms with Gasteiger partial charge in [-0.3, -0.25) is 9.78 Å². The summed E-state index contributed by atoms with van der Waals surface area (Å²) >= 11 is 0. The fraction of sp³-hybridized carbons (Fsp3) is 0.421. The average Bonchev–Trinajstić information content (AvgIpc) is 2.66. The largest absolute Gasteiger partial charge is 0.335 e. The van der Waals surface area contributed by atoms with E-state index in [2.05, 4.69) is 9.97 Å². The van der Waals surface area contributed by atoms with Crippen molar-refractivity contribution in [1.82, 2.24) is 19.2 Å². The van der Waals surface area contributed by atoms with E-state index in [9.17, 15) is 13.2 Å². The molecule has 0 unspecified atom stereocenters. The van der Waals surface area contributed by atoms with E-state index in [-0.39, 0.29) is 24.7 Å². The summed E-state index contributed by atoms with van der Waals surface area (Å²) in [5, 5.41) is 0. The Morgan fingerprint density at radius 1 is 0.963 bits per heavy atom. The number of piperazine rings is 1. The van der Waals surface area contributed by atoms with Crippen molar-refractivity contribution in [3.8, 4) is 0 Å². The molecule has 1 aliphatic rings. The molecule has 144 valence electrons. The third kappa shape index (κ3) is 3.59. The Kier molecular flexibility index (Phi) is 5.30. The van der Waals surface area contributed by atoms with Gasteiger partial charge in [-0.2, -0.15) is 4.31 Å². The molecule has 0 aliphatic carbocycles. The summed E-state index contributed by atoms with van der Waals surface area (Å²) in [4.78, 5) is 22.4. The fourth-order valence-corrected chi connectivity index (χ4v) is 5.40. The molecular weight excluding hydrogens is 364 g/mol. The third-order valence-corrected chi connectivity index (χ3v) is 7.38. The quantitative estimate of drug-likeness (QED) is 0.801. The van der Waals surface area contributed by atoms with Crippen molar-refractivity contribution < 1.29 is 13.2 Å². The smallest absolute Gasteiger partial charge is 0.274 e. The Bertz CT molecular complexity index is 940. The third-order valence-electron chi connectivity index (χ3n) is 5.20. The lowest BCUT2D eigenvalue weighted by atomic mass is 10.0. The Balaban J connectivity index is 1.81. The van der Waals surface area contributed by atoms with Gasteiger partial charge in [0.05, 0.1) is 11.1 Å². The topological polar surface area (TPSA) is 83.5 Å². The number of aromatic nitrogens is 2. The van der Waals surface area contributed by atoms with E-state index >= 15 is 0 Å². The summed E-state index contributed by atoms with van der Waals surface area (Å²) in [6.45, 7) is 8.75. The number of amides is 1. The van der Waals surface area contributed by atoms with Crippen molar-refractivity contribution in [2.45, 2.75) is 32.6 Å². The van der Waals surface area contributed by atoms with Crippen LogP contribution in [0.4, 0.5) is 0 Å². The molecule has 1 aliphatic heterocycles. The summed E-state index contributed by atoms with van der Waals surface area (Å²) in [5.41, 5.74) is 3.78. The van der Waals surface area contributed by atoms with E-state index in [1.165, 1.54) is 22.9 Å². The molecule has 8 heteroatoms. The zero-order valence-electron chi connectivity index (χ0n) is 16.1. The van der Waals surface area contributed by atoms with Crippen molar-refractivity contribution in [2.75, 3.05) is 26.2 Å². The molecule has 1 aromatic carbocycles. The molecule has 1 saturated heterocycles. The van der Waals surface area contributed by atoms with Gasteiger partial charge >= 0.3 is 0 Å². The van der Waals surface area contributed by atoms with E-state index in [0.29, 0.717) is 18.0 Å². The number of carbonyl (C=O) groups excluding carboxylic acids is 1. The minimum Gasteiger partial charge on any atom is -0.335 e. The van der Waals surface area contributed by atoms with Gasteiger partial charge in [0, 0.05) is 38.6 Å². The minimum atomic E-state index is -3.61. The molecule has 0 N–H and O–H groups in total. The monoisotopic (exact) mass is 388 g/mol. The van der Waals surface area contributed by atoms with E-state index in [1.807, 2.05) is 33.8 Å². The molecule has 1 amide bonds. The van der Waals surface area contributed by atoms with E-state index in [1.54, 1.807) is 4.90 Å². The van der Waals surface area contributed by atoms with Gasteiger partial charge in [-0.05, 0) is 49.9 Å². The summed E-state index contributed by atoms with van der Waals surface area (Å²) in [5.74, 6) is -0.223. The van der Waals surface area contributed by atoms with Crippen molar-refractivity contribution in [2.24, 2.45) is 0 Å². The first-order valence-electron chi connectivity index (χ1n) is 8.86. The lowest BCUT2D eigenvalue weighted by molar-refractivity contribution is 0.0691. The number of benzene rings is 1. The van der Waals surface area contributed by atoms with Gasteiger partial charge in [0.15, 0.2) is 0 Å². The van der Waals surface area contributed by atoms with Crippen LogP contribution in [0.5, 0.6) is 0 Å². The van der Waals surface area contributed by atoms with Gasteiger partial charge in [-0.25, -0.2) is 13.4 Å². The maximum absolute atomic E-state index is 13.3. The molecule has 1 aromatic heterocycles.